The predicted octanol–water partition coefficient (Wildman–Crippen LogP) is 1.20. The van der Waals surface area contributed by atoms with Gasteiger partial charge in [-0.3, -0.25) is 9.98 Å². The van der Waals surface area contributed by atoms with Gasteiger partial charge in [0.2, 0.25) is 0 Å². The molecule has 4 aliphatic heterocycles. The van der Waals surface area contributed by atoms with Crippen molar-refractivity contribution in [3.05, 3.63) is 95.6 Å². The number of hydrogen-bond donors (Lipinski definition) is 0. The molecule has 0 aromatic heterocycles. The molecule has 0 spiro atoms. The molecular formula is C20H12N4O2Zn. The van der Waals surface area contributed by atoms with Crippen LogP contribution in [0.25, 0.3) is 0 Å². The Bertz CT molecular complexity index is 1020. The van der Waals surface area contributed by atoms with E-state index in [4.69, 9.17) is 0 Å². The first-order chi connectivity index (χ1) is 12.7. The molecule has 0 N–H and O–H groups in total. The number of hydrogen-bond acceptors (Lipinski definition) is 6. The summed E-state index contributed by atoms with van der Waals surface area (Å²) in [7, 11) is 0. The summed E-state index contributed by atoms with van der Waals surface area (Å²) in [6.07, 6.45) is 21.6. The Labute approximate surface area is 168 Å². The summed E-state index contributed by atoms with van der Waals surface area (Å²) in [5.74, 6) is -1.29. The molecule has 0 aromatic carbocycles. The molecule has 0 aliphatic carbocycles. The summed E-state index contributed by atoms with van der Waals surface area (Å²) in [4.78, 5) is 17.1. The third-order valence-electron chi connectivity index (χ3n) is 3.70. The average Bonchev–Trinajstić information content (AvgIpc) is 3.38. The van der Waals surface area contributed by atoms with Crippen molar-refractivity contribution in [3.63, 3.8) is 0 Å². The smallest absolute Gasteiger partial charge is 0.883 e. The van der Waals surface area contributed by atoms with E-state index in [1.807, 2.05) is 48.6 Å². The van der Waals surface area contributed by atoms with E-state index in [0.717, 1.165) is 22.8 Å². The van der Waals surface area contributed by atoms with E-state index in [2.05, 4.69) is 20.0 Å². The topological polar surface area (TPSA) is 95.6 Å². The van der Waals surface area contributed by atoms with E-state index < -0.39 is 5.95 Å². The van der Waals surface area contributed by atoms with Crippen LogP contribution in [0.1, 0.15) is 0 Å². The molecular weight excluding hydrogens is 394 g/mol. The molecule has 4 rings (SSSR count). The van der Waals surface area contributed by atoms with Crippen molar-refractivity contribution in [2.75, 3.05) is 0 Å². The maximum Gasteiger partial charge on any atom is 2.00 e. The fourth-order valence-corrected chi connectivity index (χ4v) is 2.54. The third-order valence-corrected chi connectivity index (χ3v) is 3.70. The fourth-order valence-electron chi connectivity index (χ4n) is 2.54. The molecule has 27 heavy (non-hydrogen) atoms. The molecule has 0 unspecified atom stereocenters. The fraction of sp³-hybridized carbons (Fsp3) is 0. The average molecular weight is 406 g/mol. The van der Waals surface area contributed by atoms with E-state index in [9.17, 15) is 10.2 Å². The van der Waals surface area contributed by atoms with Crippen molar-refractivity contribution in [3.8, 4) is 0 Å². The Morgan fingerprint density at radius 2 is 1.22 bits per heavy atom. The van der Waals surface area contributed by atoms with Crippen LogP contribution in [0.15, 0.2) is 116 Å². The molecule has 4 aliphatic rings. The second-order valence-corrected chi connectivity index (χ2v) is 5.63. The molecule has 4 heterocycles. The summed E-state index contributed by atoms with van der Waals surface area (Å²) in [6, 6.07) is 0. The maximum absolute atomic E-state index is 10.8. The van der Waals surface area contributed by atoms with Gasteiger partial charge in [0.15, 0.2) is 0 Å². The first-order valence-corrected chi connectivity index (χ1v) is 7.90. The van der Waals surface area contributed by atoms with Crippen LogP contribution < -0.4 is 10.2 Å². The van der Waals surface area contributed by atoms with Crippen LogP contribution in [0.2, 0.25) is 0 Å². The van der Waals surface area contributed by atoms with Gasteiger partial charge in [0.05, 0.1) is 34.2 Å². The Kier molecular flexibility index (Phi) is 5.53. The van der Waals surface area contributed by atoms with E-state index in [1.54, 1.807) is 18.4 Å². The second-order valence-electron chi connectivity index (χ2n) is 5.63. The van der Waals surface area contributed by atoms with E-state index in [-0.39, 0.29) is 25.2 Å². The van der Waals surface area contributed by atoms with Crippen LogP contribution in [0.3, 0.4) is 0 Å². The van der Waals surface area contributed by atoms with Crippen molar-refractivity contribution < 1.29 is 29.7 Å². The SMILES string of the molecule is [O-]C([O-])=C1C=CC(C=C2C=CC(C=C3C=CC(C=C4C=CC=N4)=N3)=N2)=N1.[Zn+2]. The Hall–Kier alpha value is -3.18. The zero-order chi connectivity index (χ0) is 17.9. The van der Waals surface area contributed by atoms with Crippen LogP contribution in [0.5, 0.6) is 0 Å². The standard InChI is InChI=1S/C20H14N4O2.Zn/c25-20(26)19-8-7-18(24-19)12-17-6-5-16(23-17)11-15-4-3-14(22-15)10-13-2-1-9-21-13;/h1-12,25-26H;/q;+2/p-2. The molecule has 0 aromatic rings. The Morgan fingerprint density at radius 3 is 1.74 bits per heavy atom. The normalized spacial score (nSPS) is 23.6. The van der Waals surface area contributed by atoms with E-state index in [0.29, 0.717) is 11.4 Å². The van der Waals surface area contributed by atoms with Gasteiger partial charge < -0.3 is 10.2 Å². The summed E-state index contributed by atoms with van der Waals surface area (Å²) < 4.78 is 0. The Balaban J connectivity index is 0.00000210. The minimum atomic E-state index is -1.29. The zero-order valence-electron chi connectivity index (χ0n) is 14.2. The third kappa shape index (κ3) is 4.51. The van der Waals surface area contributed by atoms with Gasteiger partial charge in [-0.25, -0.2) is 9.98 Å². The largest absolute Gasteiger partial charge is 2.00 e. The Morgan fingerprint density at radius 1 is 0.667 bits per heavy atom. The van der Waals surface area contributed by atoms with Gasteiger partial charge in [-0.2, -0.15) is 5.95 Å². The van der Waals surface area contributed by atoms with Crippen LogP contribution in [-0.4, -0.2) is 23.3 Å². The van der Waals surface area contributed by atoms with Crippen LogP contribution >= 0.6 is 0 Å². The van der Waals surface area contributed by atoms with Gasteiger partial charge in [0, 0.05) is 11.9 Å². The van der Waals surface area contributed by atoms with Crippen LogP contribution in [-0.2, 0) is 19.5 Å². The van der Waals surface area contributed by atoms with Gasteiger partial charge in [-0.05, 0) is 66.8 Å². The predicted molar refractivity (Wildman–Crippen MR) is 98.6 cm³/mol. The second kappa shape index (κ2) is 8.02. The van der Waals surface area contributed by atoms with Crippen molar-refractivity contribution in [2.45, 2.75) is 0 Å². The summed E-state index contributed by atoms with van der Waals surface area (Å²) >= 11 is 0. The van der Waals surface area contributed by atoms with Crippen molar-refractivity contribution >= 4 is 23.3 Å². The van der Waals surface area contributed by atoms with E-state index >= 15 is 0 Å². The van der Waals surface area contributed by atoms with Gasteiger partial charge in [0.1, 0.15) is 0 Å². The molecule has 6 nitrogen and oxygen atoms in total. The van der Waals surface area contributed by atoms with Crippen molar-refractivity contribution in [1.82, 2.24) is 0 Å². The quantitative estimate of drug-likeness (QED) is 0.521. The first kappa shape index (κ1) is 18.6. The van der Waals surface area contributed by atoms with Crippen molar-refractivity contribution in [2.24, 2.45) is 20.0 Å². The minimum Gasteiger partial charge on any atom is -0.883 e. The molecule has 0 amide bonds. The molecule has 0 bridgehead atoms. The maximum atomic E-state index is 10.8. The van der Waals surface area contributed by atoms with Crippen LogP contribution in [0, 0.1) is 0 Å². The molecule has 0 radical (unpaired) electrons. The summed E-state index contributed by atoms with van der Waals surface area (Å²) in [5.41, 5.74) is 4.41. The van der Waals surface area contributed by atoms with Gasteiger partial charge >= 0.3 is 19.5 Å². The molecule has 0 fully saturated rings. The van der Waals surface area contributed by atoms with Crippen LogP contribution in [0.4, 0.5) is 0 Å². The zero-order valence-corrected chi connectivity index (χ0v) is 17.2. The molecule has 126 valence electrons. The van der Waals surface area contributed by atoms with Gasteiger partial charge in [-0.15, -0.1) is 0 Å². The molecule has 7 heteroatoms. The number of allylic oxidation sites excluding steroid dienone is 11. The van der Waals surface area contributed by atoms with Gasteiger partial charge in [0.25, 0.3) is 0 Å². The number of rotatable bonds is 3. The summed E-state index contributed by atoms with van der Waals surface area (Å²) in [6.45, 7) is 0. The molecule has 0 atom stereocenters. The monoisotopic (exact) mass is 404 g/mol. The molecule has 0 saturated carbocycles. The first-order valence-electron chi connectivity index (χ1n) is 7.90. The van der Waals surface area contributed by atoms with E-state index in [1.165, 1.54) is 6.08 Å². The molecule has 0 saturated heterocycles. The van der Waals surface area contributed by atoms with Crippen molar-refractivity contribution in [1.29, 1.82) is 0 Å². The minimum absolute atomic E-state index is 0. The number of nitrogens with zero attached hydrogens (tertiary/aromatic N) is 4. The number of aliphatic imine (C=N–C) groups is 4. The van der Waals surface area contributed by atoms with Gasteiger partial charge in [-0.1, -0.05) is 0 Å². The summed E-state index contributed by atoms with van der Waals surface area (Å²) in [5, 5.41) is 21.5.